The quantitative estimate of drug-likeness (QED) is 0.204. The van der Waals surface area contributed by atoms with Crippen LogP contribution in [0.15, 0.2) is 164 Å². The van der Waals surface area contributed by atoms with Gasteiger partial charge in [-0.25, -0.2) is 0 Å². The maximum atomic E-state index is 2.41. The second kappa shape index (κ2) is 10.7. The van der Waals surface area contributed by atoms with E-state index in [9.17, 15) is 0 Å². The molecule has 41 heavy (non-hydrogen) atoms. The molecule has 2 heteroatoms. The van der Waals surface area contributed by atoms with Gasteiger partial charge in [-0.05, 0) is 71.1 Å². The van der Waals surface area contributed by atoms with Crippen LogP contribution in [0.4, 0.5) is 0 Å². The predicted octanol–water partition coefficient (Wildman–Crippen LogP) is 10.2. The van der Waals surface area contributed by atoms with Crippen molar-refractivity contribution < 1.29 is 0 Å². The molecule has 2 heterocycles. The Morgan fingerprint density at radius 2 is 0.561 bits per heavy atom. The van der Waals surface area contributed by atoms with Crippen LogP contribution in [0.3, 0.4) is 0 Å². The molecule has 7 rings (SSSR count). The minimum absolute atomic E-state index is 1.16. The summed E-state index contributed by atoms with van der Waals surface area (Å²) in [6, 6.07) is 58.3. The van der Waals surface area contributed by atoms with Gasteiger partial charge in [-0.1, -0.05) is 127 Å². The Balaban J connectivity index is 1.49. The molecular weight excluding hydrogens is 496 g/mol. The van der Waals surface area contributed by atoms with Gasteiger partial charge in [-0.2, -0.15) is 0 Å². The summed E-state index contributed by atoms with van der Waals surface area (Å²) in [4.78, 5) is 0. The van der Waals surface area contributed by atoms with E-state index in [-0.39, 0.29) is 0 Å². The van der Waals surface area contributed by atoms with Crippen LogP contribution >= 0.6 is 0 Å². The van der Waals surface area contributed by atoms with Gasteiger partial charge in [0.1, 0.15) is 0 Å². The molecule has 0 unspecified atom stereocenters. The van der Waals surface area contributed by atoms with Gasteiger partial charge in [0.25, 0.3) is 0 Å². The van der Waals surface area contributed by atoms with Gasteiger partial charge in [0.05, 0.1) is 34.2 Å². The van der Waals surface area contributed by atoms with Gasteiger partial charge in [0.15, 0.2) is 0 Å². The average Bonchev–Trinajstić information content (AvgIpc) is 3.69. The first-order chi connectivity index (χ1) is 20.3. The van der Waals surface area contributed by atoms with E-state index >= 15 is 0 Å². The Morgan fingerprint density at radius 3 is 0.829 bits per heavy atom. The molecule has 0 radical (unpaired) electrons. The number of benzene rings is 5. The first-order valence-corrected chi connectivity index (χ1v) is 14.0. The molecule has 0 aliphatic rings. The highest BCUT2D eigenvalue weighted by atomic mass is 15.0. The first kappa shape index (κ1) is 24.7. The molecule has 0 bridgehead atoms. The maximum absolute atomic E-state index is 2.41. The highest BCUT2D eigenvalue weighted by Gasteiger charge is 2.20. The van der Waals surface area contributed by atoms with E-state index in [0.717, 1.165) is 11.4 Å². The van der Waals surface area contributed by atoms with Gasteiger partial charge in [-0.3, -0.25) is 0 Å². The second-order valence-corrected chi connectivity index (χ2v) is 10.3. The molecule has 5 aromatic carbocycles. The number of nitrogens with zero attached hydrogens (tertiary/aromatic N) is 2. The van der Waals surface area contributed by atoms with Crippen LogP contribution in [0.1, 0.15) is 5.56 Å². The van der Waals surface area contributed by atoms with Crippen LogP contribution in [-0.4, -0.2) is 9.13 Å². The molecule has 7 aromatic rings. The average molecular weight is 527 g/mol. The zero-order valence-electron chi connectivity index (χ0n) is 23.0. The third-order valence-corrected chi connectivity index (χ3v) is 7.80. The minimum atomic E-state index is 1.16. The molecule has 0 aliphatic heterocycles. The topological polar surface area (TPSA) is 9.86 Å². The lowest BCUT2D eigenvalue weighted by Gasteiger charge is -2.22. The van der Waals surface area contributed by atoms with Crippen molar-refractivity contribution in [3.8, 4) is 56.4 Å². The van der Waals surface area contributed by atoms with E-state index in [1.54, 1.807) is 0 Å². The number of hydrogen-bond acceptors (Lipinski definition) is 0. The molecule has 0 amide bonds. The van der Waals surface area contributed by atoms with E-state index in [1.807, 2.05) is 0 Å². The van der Waals surface area contributed by atoms with Crippen LogP contribution in [0.25, 0.3) is 56.4 Å². The summed E-state index contributed by atoms with van der Waals surface area (Å²) in [6.07, 6.45) is 0. The van der Waals surface area contributed by atoms with Crippen LogP contribution in [0.2, 0.25) is 0 Å². The van der Waals surface area contributed by atoms with E-state index < -0.39 is 0 Å². The van der Waals surface area contributed by atoms with Crippen molar-refractivity contribution in [2.45, 2.75) is 6.92 Å². The van der Waals surface area contributed by atoms with Gasteiger partial charge in [0.2, 0.25) is 0 Å². The molecule has 0 fully saturated rings. The van der Waals surface area contributed by atoms with Crippen LogP contribution < -0.4 is 0 Å². The summed E-state index contributed by atoms with van der Waals surface area (Å²) in [6.45, 7) is 2.25. The third kappa shape index (κ3) is 4.50. The summed E-state index contributed by atoms with van der Waals surface area (Å²) in [5, 5.41) is 0. The van der Waals surface area contributed by atoms with Crippen molar-refractivity contribution in [3.05, 3.63) is 169 Å². The van der Waals surface area contributed by atoms with Crippen molar-refractivity contribution in [3.63, 3.8) is 0 Å². The Kier molecular flexibility index (Phi) is 6.42. The highest BCUT2D eigenvalue weighted by Crippen LogP contribution is 2.38. The largest absolute Gasteiger partial charge is 0.309 e. The Bertz CT molecular complexity index is 1660. The van der Waals surface area contributed by atoms with Crippen molar-refractivity contribution in [1.82, 2.24) is 9.13 Å². The first-order valence-electron chi connectivity index (χ1n) is 14.0. The molecular formula is C39H30N2. The van der Waals surface area contributed by atoms with Crippen LogP contribution in [-0.2, 0) is 0 Å². The Morgan fingerprint density at radius 1 is 0.293 bits per heavy atom. The number of rotatable bonds is 6. The molecule has 0 aliphatic carbocycles. The molecule has 0 spiro atoms. The monoisotopic (exact) mass is 526 g/mol. The zero-order chi connectivity index (χ0) is 27.6. The normalized spacial score (nSPS) is 11.0. The van der Waals surface area contributed by atoms with Crippen LogP contribution in [0.5, 0.6) is 0 Å². The smallest absolute Gasteiger partial charge is 0.0535 e. The fourth-order valence-corrected chi connectivity index (χ4v) is 5.83. The van der Waals surface area contributed by atoms with Crippen LogP contribution in [0, 0.1) is 6.92 Å². The molecule has 0 atom stereocenters. The van der Waals surface area contributed by atoms with Gasteiger partial charge < -0.3 is 9.13 Å². The molecule has 0 saturated heterocycles. The Hall–Kier alpha value is -5.34. The van der Waals surface area contributed by atoms with E-state index in [1.165, 1.54) is 50.6 Å². The standard InChI is InChI=1S/C39H30N2/c1-29-34(40-36(30-15-6-2-7-16-30)25-26-37(40)31-17-8-3-9-18-31)23-14-24-35(29)41-38(32-19-10-4-11-20-32)27-28-39(41)33-21-12-5-13-22-33/h2-28H,1H3. The van der Waals surface area contributed by atoms with E-state index in [4.69, 9.17) is 0 Å². The fraction of sp³-hybridized carbons (Fsp3) is 0.0256. The number of hydrogen-bond donors (Lipinski definition) is 0. The predicted molar refractivity (Wildman–Crippen MR) is 172 cm³/mol. The summed E-state index contributed by atoms with van der Waals surface area (Å²) >= 11 is 0. The molecule has 0 saturated carbocycles. The SMILES string of the molecule is Cc1c(-n2c(-c3ccccc3)ccc2-c2ccccc2)cccc1-n1c(-c2ccccc2)ccc1-c1ccccc1. The maximum Gasteiger partial charge on any atom is 0.0535 e. The van der Waals surface area contributed by atoms with Crippen molar-refractivity contribution in [2.24, 2.45) is 0 Å². The lowest BCUT2D eigenvalue weighted by Crippen LogP contribution is -2.07. The van der Waals surface area contributed by atoms with Gasteiger partial charge in [0, 0.05) is 0 Å². The van der Waals surface area contributed by atoms with E-state index in [0.29, 0.717) is 0 Å². The summed E-state index contributed by atoms with van der Waals surface area (Å²) in [5.74, 6) is 0. The third-order valence-electron chi connectivity index (χ3n) is 7.80. The zero-order valence-corrected chi connectivity index (χ0v) is 23.0. The second-order valence-electron chi connectivity index (χ2n) is 10.3. The Labute approximate surface area is 241 Å². The summed E-state index contributed by atoms with van der Waals surface area (Å²) < 4.78 is 4.83. The van der Waals surface area contributed by atoms with E-state index in [2.05, 4.69) is 180 Å². The lowest BCUT2D eigenvalue weighted by atomic mass is 10.1. The molecule has 2 aromatic heterocycles. The van der Waals surface area contributed by atoms with Gasteiger partial charge >= 0.3 is 0 Å². The van der Waals surface area contributed by atoms with Crippen molar-refractivity contribution >= 4 is 0 Å². The fourth-order valence-electron chi connectivity index (χ4n) is 5.83. The van der Waals surface area contributed by atoms with Crippen molar-refractivity contribution in [2.75, 3.05) is 0 Å². The summed E-state index contributed by atoms with van der Waals surface area (Å²) in [7, 11) is 0. The lowest BCUT2D eigenvalue weighted by molar-refractivity contribution is 1.03. The van der Waals surface area contributed by atoms with Gasteiger partial charge in [-0.15, -0.1) is 0 Å². The van der Waals surface area contributed by atoms with Crippen molar-refractivity contribution in [1.29, 1.82) is 0 Å². The number of aromatic nitrogens is 2. The summed E-state index contributed by atoms with van der Waals surface area (Å²) in [5.41, 5.74) is 13.0. The highest BCUT2D eigenvalue weighted by molar-refractivity contribution is 5.77. The molecule has 196 valence electrons. The minimum Gasteiger partial charge on any atom is -0.309 e. The molecule has 0 N–H and O–H groups in total. The molecule has 2 nitrogen and oxygen atoms in total.